The molecule has 0 unspecified atom stereocenters. The number of hydrogen-bond acceptors (Lipinski definition) is 3. The molecular formula is C19H18N2O3. The van der Waals surface area contributed by atoms with Gasteiger partial charge in [-0.1, -0.05) is 36.1 Å². The summed E-state index contributed by atoms with van der Waals surface area (Å²) in [7, 11) is 3.08. The number of amides is 2. The Morgan fingerprint density at radius 1 is 1.00 bits per heavy atom. The molecular weight excluding hydrogens is 304 g/mol. The smallest absolute Gasteiger partial charge is 0.255 e. The van der Waals surface area contributed by atoms with Gasteiger partial charge in [0.1, 0.15) is 5.75 Å². The van der Waals surface area contributed by atoms with Gasteiger partial charge in [0.05, 0.1) is 24.8 Å². The predicted molar refractivity (Wildman–Crippen MR) is 92.0 cm³/mol. The molecule has 5 nitrogen and oxygen atoms in total. The summed E-state index contributed by atoms with van der Waals surface area (Å²) in [5.41, 5.74) is 1.57. The van der Waals surface area contributed by atoms with Crippen LogP contribution >= 0.6 is 0 Å². The van der Waals surface area contributed by atoms with Crippen LogP contribution in [0.3, 0.4) is 0 Å². The molecule has 5 heteroatoms. The summed E-state index contributed by atoms with van der Waals surface area (Å²) in [4.78, 5) is 23.9. The van der Waals surface area contributed by atoms with Gasteiger partial charge in [-0.3, -0.25) is 9.59 Å². The Labute approximate surface area is 141 Å². The zero-order valence-electron chi connectivity index (χ0n) is 13.6. The molecule has 0 aromatic heterocycles. The van der Waals surface area contributed by atoms with Crippen molar-refractivity contribution >= 4 is 11.8 Å². The molecule has 0 saturated carbocycles. The summed E-state index contributed by atoms with van der Waals surface area (Å²) >= 11 is 0. The van der Waals surface area contributed by atoms with Gasteiger partial charge in [0.25, 0.3) is 11.8 Å². The third kappa shape index (κ3) is 4.14. The van der Waals surface area contributed by atoms with Gasteiger partial charge >= 0.3 is 0 Å². The summed E-state index contributed by atoms with van der Waals surface area (Å²) in [6.45, 7) is 0.166. The number of hydrogen-bond donors (Lipinski definition) is 2. The van der Waals surface area contributed by atoms with Crippen LogP contribution in [0.4, 0.5) is 0 Å². The molecule has 0 fully saturated rings. The Morgan fingerprint density at radius 2 is 1.67 bits per heavy atom. The van der Waals surface area contributed by atoms with Crippen LogP contribution in [0.1, 0.15) is 26.3 Å². The first-order chi connectivity index (χ1) is 11.7. The lowest BCUT2D eigenvalue weighted by atomic mass is 10.1. The van der Waals surface area contributed by atoms with Gasteiger partial charge in [0.15, 0.2) is 0 Å². The maximum absolute atomic E-state index is 12.1. The molecule has 2 aromatic carbocycles. The third-order valence-electron chi connectivity index (χ3n) is 3.31. The van der Waals surface area contributed by atoms with Crippen molar-refractivity contribution in [3.63, 3.8) is 0 Å². The molecule has 2 amide bonds. The Balaban J connectivity index is 2.05. The zero-order chi connectivity index (χ0) is 17.4. The monoisotopic (exact) mass is 322 g/mol. The van der Waals surface area contributed by atoms with Crippen LogP contribution < -0.4 is 15.4 Å². The van der Waals surface area contributed by atoms with Gasteiger partial charge in [0, 0.05) is 12.6 Å². The van der Waals surface area contributed by atoms with Gasteiger partial charge in [0.2, 0.25) is 0 Å². The van der Waals surface area contributed by atoms with Crippen LogP contribution in [0.15, 0.2) is 48.5 Å². The Kier molecular flexibility index (Phi) is 5.98. The minimum absolute atomic E-state index is 0.166. The second-order valence-electron chi connectivity index (χ2n) is 4.81. The van der Waals surface area contributed by atoms with Crippen LogP contribution in [0.5, 0.6) is 5.75 Å². The number of methoxy groups -OCH3 is 1. The standard InChI is InChI=1S/C19H18N2O3/c1-20-18(22)15-10-4-3-8-14(15)9-7-13-21-19(23)16-11-5-6-12-17(16)24-2/h3-6,8,10-12H,13H2,1-2H3,(H,20,22)(H,21,23). The fourth-order valence-electron chi connectivity index (χ4n) is 2.12. The molecule has 2 rings (SSSR count). The van der Waals surface area contributed by atoms with E-state index in [1.165, 1.54) is 7.11 Å². The van der Waals surface area contributed by atoms with Crippen molar-refractivity contribution in [1.29, 1.82) is 0 Å². The molecule has 0 aliphatic heterocycles. The first-order valence-corrected chi connectivity index (χ1v) is 7.38. The first-order valence-electron chi connectivity index (χ1n) is 7.38. The second-order valence-corrected chi connectivity index (χ2v) is 4.81. The van der Waals surface area contributed by atoms with E-state index >= 15 is 0 Å². The average Bonchev–Trinajstić information content (AvgIpc) is 2.64. The van der Waals surface area contributed by atoms with E-state index in [1.807, 2.05) is 6.07 Å². The van der Waals surface area contributed by atoms with E-state index in [2.05, 4.69) is 22.5 Å². The Morgan fingerprint density at radius 3 is 2.38 bits per heavy atom. The summed E-state index contributed by atoms with van der Waals surface area (Å²) in [5.74, 6) is 5.81. The van der Waals surface area contributed by atoms with Crippen molar-refractivity contribution in [1.82, 2.24) is 10.6 Å². The van der Waals surface area contributed by atoms with Crippen LogP contribution in [-0.4, -0.2) is 32.5 Å². The minimum atomic E-state index is -0.263. The number of nitrogens with one attached hydrogen (secondary N) is 2. The van der Waals surface area contributed by atoms with Crippen molar-refractivity contribution in [2.24, 2.45) is 0 Å². The van der Waals surface area contributed by atoms with E-state index in [1.54, 1.807) is 49.5 Å². The van der Waals surface area contributed by atoms with Crippen LogP contribution in [0.25, 0.3) is 0 Å². The highest BCUT2D eigenvalue weighted by molar-refractivity contribution is 5.97. The SMILES string of the molecule is CNC(=O)c1ccccc1C#CCNC(=O)c1ccccc1OC. The van der Waals surface area contributed by atoms with Gasteiger partial charge in [-0.2, -0.15) is 0 Å². The number of rotatable bonds is 4. The number of ether oxygens (including phenoxy) is 1. The van der Waals surface area contributed by atoms with Gasteiger partial charge in [-0.05, 0) is 24.3 Å². The fraction of sp³-hybridized carbons (Fsp3) is 0.158. The lowest BCUT2D eigenvalue weighted by molar-refractivity contribution is 0.0950. The van der Waals surface area contributed by atoms with E-state index in [0.717, 1.165) is 0 Å². The summed E-state index contributed by atoms with van der Waals surface area (Å²) in [6.07, 6.45) is 0. The molecule has 0 spiro atoms. The van der Waals surface area contributed by atoms with E-state index in [9.17, 15) is 9.59 Å². The highest BCUT2D eigenvalue weighted by Crippen LogP contribution is 2.16. The van der Waals surface area contributed by atoms with Crippen molar-refractivity contribution in [3.8, 4) is 17.6 Å². The lowest BCUT2D eigenvalue weighted by Gasteiger charge is -2.07. The minimum Gasteiger partial charge on any atom is -0.496 e. The Bertz CT molecular complexity index is 803. The zero-order valence-corrected chi connectivity index (χ0v) is 13.6. The molecule has 0 bridgehead atoms. The van der Waals surface area contributed by atoms with E-state index in [-0.39, 0.29) is 18.4 Å². The quantitative estimate of drug-likeness (QED) is 0.844. The maximum atomic E-state index is 12.1. The molecule has 24 heavy (non-hydrogen) atoms. The topological polar surface area (TPSA) is 67.4 Å². The summed E-state index contributed by atoms with van der Waals surface area (Å²) in [5, 5.41) is 5.29. The van der Waals surface area contributed by atoms with E-state index in [4.69, 9.17) is 4.74 Å². The van der Waals surface area contributed by atoms with Crippen molar-refractivity contribution in [3.05, 3.63) is 65.2 Å². The number of carbonyl (C=O) groups is 2. The lowest BCUT2D eigenvalue weighted by Crippen LogP contribution is -2.24. The Hall–Kier alpha value is -3.26. The van der Waals surface area contributed by atoms with Crippen LogP contribution in [0.2, 0.25) is 0 Å². The molecule has 122 valence electrons. The number of carbonyl (C=O) groups excluding carboxylic acids is 2. The largest absolute Gasteiger partial charge is 0.496 e. The molecule has 0 heterocycles. The summed E-state index contributed by atoms with van der Waals surface area (Å²) < 4.78 is 5.16. The highest BCUT2D eigenvalue weighted by atomic mass is 16.5. The molecule has 2 aromatic rings. The normalized spacial score (nSPS) is 9.42. The fourth-order valence-corrected chi connectivity index (χ4v) is 2.12. The molecule has 0 radical (unpaired) electrons. The second kappa shape index (κ2) is 8.39. The molecule has 0 aliphatic rings. The van der Waals surface area contributed by atoms with E-state index < -0.39 is 0 Å². The van der Waals surface area contributed by atoms with Gasteiger partial charge in [-0.25, -0.2) is 0 Å². The highest BCUT2D eigenvalue weighted by Gasteiger charge is 2.10. The molecule has 0 saturated heterocycles. The predicted octanol–water partition coefficient (Wildman–Crippen LogP) is 1.84. The first kappa shape index (κ1) is 17.1. The summed E-state index contributed by atoms with van der Waals surface area (Å²) in [6, 6.07) is 14.0. The third-order valence-corrected chi connectivity index (χ3v) is 3.31. The number of benzene rings is 2. The van der Waals surface area contributed by atoms with Crippen molar-refractivity contribution in [2.75, 3.05) is 20.7 Å². The van der Waals surface area contributed by atoms with Gasteiger partial charge < -0.3 is 15.4 Å². The maximum Gasteiger partial charge on any atom is 0.255 e. The molecule has 0 atom stereocenters. The van der Waals surface area contributed by atoms with Crippen molar-refractivity contribution in [2.45, 2.75) is 0 Å². The van der Waals surface area contributed by atoms with Gasteiger partial charge in [-0.15, -0.1) is 0 Å². The number of para-hydroxylation sites is 1. The molecule has 0 aliphatic carbocycles. The van der Waals surface area contributed by atoms with E-state index in [0.29, 0.717) is 22.4 Å². The van der Waals surface area contributed by atoms with Crippen molar-refractivity contribution < 1.29 is 14.3 Å². The average molecular weight is 322 g/mol. The molecule has 2 N–H and O–H groups in total. The van der Waals surface area contributed by atoms with Crippen LogP contribution in [-0.2, 0) is 0 Å². The van der Waals surface area contributed by atoms with Crippen LogP contribution in [0, 0.1) is 11.8 Å².